The first kappa shape index (κ1) is 16.4. The van der Waals surface area contributed by atoms with Crippen LogP contribution in [0.4, 0.5) is 0 Å². The van der Waals surface area contributed by atoms with Crippen molar-refractivity contribution in [1.29, 1.82) is 0 Å². The van der Waals surface area contributed by atoms with Crippen LogP contribution in [0.2, 0.25) is 0 Å². The molecule has 0 bridgehead atoms. The monoisotopic (exact) mass is 879 g/mol. The molecular formula is C6H4I6N3-. The minimum absolute atomic E-state index is 0.0779. The molecule has 0 saturated heterocycles. The first-order valence-electron chi connectivity index (χ1n) is 3.50. The van der Waals surface area contributed by atoms with E-state index in [0.717, 1.165) is 15.5 Å². The number of aromatic nitrogens is 3. The van der Waals surface area contributed by atoms with Gasteiger partial charge in [-0.05, 0) is 0 Å². The summed E-state index contributed by atoms with van der Waals surface area (Å²) < 4.78 is 1.55. The van der Waals surface area contributed by atoms with Crippen molar-refractivity contribution < 1.29 is 21.2 Å². The Morgan fingerprint density at radius 1 is 1.13 bits per heavy atom. The summed E-state index contributed by atoms with van der Waals surface area (Å²) in [5.41, 5.74) is 0. The Morgan fingerprint density at radius 2 is 1.73 bits per heavy atom. The van der Waals surface area contributed by atoms with Crippen LogP contribution in [-0.2, 0) is -0.565 Å². The molecule has 9 heteroatoms. The number of rotatable bonds is 3. The van der Waals surface area contributed by atoms with Crippen LogP contribution in [0.3, 0.4) is 0 Å². The Morgan fingerprint density at radius 3 is 2.20 bits per heavy atom. The van der Waals surface area contributed by atoms with Crippen molar-refractivity contribution in [2.45, 2.75) is 6.30 Å². The number of nitrogens with zero attached hydrogens (tertiary/aromatic N) is 3. The van der Waals surface area contributed by atoms with Crippen molar-refractivity contribution in [2.75, 3.05) is 0 Å². The molecule has 1 heterocycles. The molecule has 0 aromatic carbocycles. The third-order valence-corrected chi connectivity index (χ3v) is 7.27. The van der Waals surface area contributed by atoms with Gasteiger partial charge in [0.25, 0.3) is 0 Å². The van der Waals surface area contributed by atoms with Gasteiger partial charge in [0.15, 0.2) is 0 Å². The molecule has 15 heavy (non-hydrogen) atoms. The molecule has 86 valence electrons. The SMILES string of the molecule is Cc1nc([I-]C(I)I)nc(C(I)(I)I)n1. The molecule has 0 radical (unpaired) electrons. The molecule has 0 spiro atoms. The van der Waals surface area contributed by atoms with Crippen LogP contribution in [0.5, 0.6) is 0 Å². The molecule has 0 fully saturated rings. The Labute approximate surface area is 167 Å². The summed E-state index contributed by atoms with van der Waals surface area (Å²) in [7, 11) is 0. The molecule has 0 amide bonds. The topological polar surface area (TPSA) is 38.7 Å². The van der Waals surface area contributed by atoms with E-state index in [-0.39, 0.29) is 20.6 Å². The second-order valence-electron chi connectivity index (χ2n) is 2.33. The molecule has 0 aliphatic carbocycles. The fourth-order valence-corrected chi connectivity index (χ4v) is 5.52. The van der Waals surface area contributed by atoms with E-state index in [1.807, 2.05) is 6.92 Å². The first-order valence-corrected chi connectivity index (χ1v) is 11.6. The summed E-state index contributed by atoms with van der Waals surface area (Å²) in [6.45, 7) is 1.93. The second kappa shape index (κ2) is 7.25. The van der Waals surface area contributed by atoms with E-state index in [1.54, 1.807) is 0 Å². The van der Waals surface area contributed by atoms with Gasteiger partial charge in [-0.1, -0.05) is 0 Å². The van der Waals surface area contributed by atoms with Crippen LogP contribution >= 0.6 is 113 Å². The minimum atomic E-state index is -0.114. The van der Waals surface area contributed by atoms with E-state index in [9.17, 15) is 0 Å². The summed E-state index contributed by atoms with van der Waals surface area (Å²) in [4.78, 5) is 13.3. The van der Waals surface area contributed by atoms with Gasteiger partial charge in [-0.15, -0.1) is 0 Å². The molecule has 0 aliphatic rings. The third kappa shape index (κ3) is 6.39. The normalized spacial score (nSPS) is 12.5. The Kier molecular flexibility index (Phi) is 7.94. The van der Waals surface area contributed by atoms with Gasteiger partial charge in [0.05, 0.1) is 0 Å². The number of alkyl halides is 6. The second-order valence-corrected chi connectivity index (χ2v) is 25.9. The molecule has 0 saturated carbocycles. The van der Waals surface area contributed by atoms with Gasteiger partial charge in [0.2, 0.25) is 0 Å². The van der Waals surface area contributed by atoms with Gasteiger partial charge in [0, 0.05) is 0 Å². The van der Waals surface area contributed by atoms with Crippen molar-refractivity contribution >= 4 is 113 Å². The van der Waals surface area contributed by atoms with Crippen LogP contribution in [0.1, 0.15) is 11.6 Å². The molecule has 0 N–H and O–H groups in total. The van der Waals surface area contributed by atoms with Gasteiger partial charge in [-0.3, -0.25) is 0 Å². The maximum absolute atomic E-state index is 4.54. The fraction of sp³-hybridized carbons (Fsp3) is 0.500. The number of hydrogen-bond donors (Lipinski definition) is 0. The van der Waals surface area contributed by atoms with E-state index < -0.39 is 0 Å². The maximum atomic E-state index is 4.54. The van der Waals surface area contributed by atoms with Gasteiger partial charge in [0.1, 0.15) is 0 Å². The Balaban J connectivity index is 3.06. The number of aryl methyl sites for hydroxylation is 1. The predicted octanol–water partition coefficient (Wildman–Crippen LogP) is 1.01. The van der Waals surface area contributed by atoms with Crippen LogP contribution in [0.15, 0.2) is 0 Å². The van der Waals surface area contributed by atoms with Gasteiger partial charge >= 0.3 is 171 Å². The van der Waals surface area contributed by atoms with Crippen molar-refractivity contribution in [3.63, 3.8) is 0 Å². The quantitative estimate of drug-likeness (QED) is 0.337. The summed E-state index contributed by atoms with van der Waals surface area (Å²) in [6.07, 6.45) is 0. The van der Waals surface area contributed by atoms with Gasteiger partial charge in [-0.2, -0.15) is 0 Å². The summed E-state index contributed by atoms with van der Waals surface area (Å²) in [6, 6.07) is 0. The van der Waals surface area contributed by atoms with Crippen molar-refractivity contribution in [1.82, 2.24) is 15.0 Å². The average molecular weight is 880 g/mol. The molecule has 3 nitrogen and oxygen atoms in total. The summed E-state index contributed by atoms with van der Waals surface area (Å²) in [5, 5.41) is 0. The van der Waals surface area contributed by atoms with Crippen LogP contribution in [0.25, 0.3) is 0 Å². The Hall–Kier alpha value is 3.39. The molecule has 0 atom stereocenters. The predicted molar refractivity (Wildman–Crippen MR) is 98.8 cm³/mol. The van der Waals surface area contributed by atoms with Crippen molar-refractivity contribution in [3.05, 3.63) is 15.5 Å². The standard InChI is InChI=1S/C6H4I6N3/c1-2-13-3(6(9,10)11)15-5(14-2)12-4(7)8/h4H,1H3/q-1. The van der Waals surface area contributed by atoms with Crippen molar-refractivity contribution in [2.24, 2.45) is 0 Å². The van der Waals surface area contributed by atoms with Crippen molar-refractivity contribution in [3.8, 4) is 0 Å². The number of hydrogen-bond acceptors (Lipinski definition) is 3. The molecular weight excluding hydrogens is 876 g/mol. The van der Waals surface area contributed by atoms with E-state index in [2.05, 4.69) is 128 Å². The zero-order chi connectivity index (χ0) is 11.6. The average Bonchev–Trinajstić information content (AvgIpc) is 1.99. The first-order chi connectivity index (χ1) is 6.79. The van der Waals surface area contributed by atoms with E-state index in [4.69, 9.17) is 0 Å². The zero-order valence-electron chi connectivity index (χ0n) is 7.19. The molecule has 0 unspecified atom stereocenters. The van der Waals surface area contributed by atoms with E-state index >= 15 is 0 Å². The summed E-state index contributed by atoms with van der Waals surface area (Å²) >= 11 is 11.7. The summed E-state index contributed by atoms with van der Waals surface area (Å²) in [5.74, 6) is 1.71. The fourth-order valence-electron chi connectivity index (χ4n) is 0.699. The van der Waals surface area contributed by atoms with Crippen LogP contribution in [0, 0.1) is 10.8 Å². The van der Waals surface area contributed by atoms with Gasteiger partial charge < -0.3 is 0 Å². The van der Waals surface area contributed by atoms with Crippen LogP contribution < -0.4 is 21.2 Å². The van der Waals surface area contributed by atoms with E-state index in [0.29, 0.717) is -0.0619 Å². The molecule has 1 aromatic rings. The molecule has 0 aliphatic heterocycles. The number of halogens is 6. The Bertz CT molecular complexity index is 349. The third-order valence-electron chi connectivity index (χ3n) is 1.15. The van der Waals surface area contributed by atoms with Gasteiger partial charge in [-0.25, -0.2) is 0 Å². The zero-order valence-corrected chi connectivity index (χ0v) is 20.1. The molecule has 1 aromatic heterocycles. The van der Waals surface area contributed by atoms with E-state index in [1.165, 1.54) is 0 Å². The molecule has 1 rings (SSSR count). The van der Waals surface area contributed by atoms with Crippen LogP contribution in [-0.4, -0.2) is 14.9 Å².